The Kier molecular flexibility index (Phi) is 4.34. The van der Waals surface area contributed by atoms with Crippen molar-refractivity contribution < 1.29 is 9.53 Å². The van der Waals surface area contributed by atoms with Crippen molar-refractivity contribution >= 4 is 11.6 Å². The van der Waals surface area contributed by atoms with Crippen LogP contribution in [0.4, 0.5) is 5.82 Å². The number of rotatable bonds is 4. The molecule has 0 radical (unpaired) electrons. The summed E-state index contributed by atoms with van der Waals surface area (Å²) in [5, 5.41) is 0. The summed E-state index contributed by atoms with van der Waals surface area (Å²) in [6, 6.07) is 1.90. The molecular formula is C15H17N5O2. The van der Waals surface area contributed by atoms with E-state index in [2.05, 4.69) is 24.8 Å². The number of nitrogens with zero attached hydrogens (tertiary/aromatic N) is 5. The van der Waals surface area contributed by atoms with E-state index in [0.717, 1.165) is 11.5 Å². The third kappa shape index (κ3) is 3.25. The van der Waals surface area contributed by atoms with Gasteiger partial charge in [0.1, 0.15) is 17.3 Å². The Bertz CT molecular complexity index is 652. The Morgan fingerprint density at radius 2 is 2.05 bits per heavy atom. The first-order chi connectivity index (χ1) is 10.8. The zero-order valence-corrected chi connectivity index (χ0v) is 12.4. The molecule has 1 aliphatic rings. The van der Waals surface area contributed by atoms with Gasteiger partial charge in [0.2, 0.25) is 0 Å². The third-order valence-electron chi connectivity index (χ3n) is 3.50. The smallest absolute Gasteiger partial charge is 0.182 e. The van der Waals surface area contributed by atoms with Gasteiger partial charge >= 0.3 is 0 Å². The molecule has 0 bridgehead atoms. The molecule has 0 unspecified atom stereocenters. The molecule has 114 valence electrons. The largest absolute Gasteiger partial charge is 0.378 e. The number of carbonyl (C=O) groups is 1. The van der Waals surface area contributed by atoms with Crippen LogP contribution in [0, 0.1) is 0 Å². The molecule has 3 heterocycles. The minimum absolute atomic E-state index is 0.302. The maximum atomic E-state index is 11.4. The highest BCUT2D eigenvalue weighted by atomic mass is 16.5. The molecule has 0 saturated carbocycles. The number of methoxy groups -OCH3 is 1. The molecule has 3 rings (SSSR count). The summed E-state index contributed by atoms with van der Waals surface area (Å²) >= 11 is 0. The molecular weight excluding hydrogens is 282 g/mol. The first kappa shape index (κ1) is 14.5. The van der Waals surface area contributed by atoms with Crippen molar-refractivity contribution in [3.63, 3.8) is 0 Å². The fourth-order valence-electron chi connectivity index (χ4n) is 2.38. The molecule has 2 aromatic rings. The molecule has 1 saturated heterocycles. The van der Waals surface area contributed by atoms with Gasteiger partial charge in [-0.15, -0.1) is 0 Å². The maximum Gasteiger partial charge on any atom is 0.182 e. The van der Waals surface area contributed by atoms with Crippen LogP contribution in [-0.4, -0.2) is 45.9 Å². The molecule has 0 aromatic carbocycles. The van der Waals surface area contributed by atoms with E-state index in [0.29, 0.717) is 49.8 Å². The van der Waals surface area contributed by atoms with Gasteiger partial charge in [-0.05, 0) is 0 Å². The lowest BCUT2D eigenvalue weighted by molar-refractivity contribution is -0.119. The second-order valence-electron chi connectivity index (χ2n) is 5.09. The summed E-state index contributed by atoms with van der Waals surface area (Å²) in [5.41, 5.74) is 1.40. The average molecular weight is 299 g/mol. The second-order valence-corrected chi connectivity index (χ2v) is 5.09. The number of ketones is 1. The fourth-order valence-corrected chi connectivity index (χ4v) is 2.38. The van der Waals surface area contributed by atoms with E-state index in [1.807, 2.05) is 6.07 Å². The van der Waals surface area contributed by atoms with Crippen LogP contribution in [0.2, 0.25) is 0 Å². The zero-order valence-electron chi connectivity index (χ0n) is 12.4. The lowest BCUT2D eigenvalue weighted by Gasteiger charge is -2.27. The number of ether oxygens (including phenoxy) is 1. The Balaban J connectivity index is 1.95. The van der Waals surface area contributed by atoms with Crippen molar-refractivity contribution in [2.24, 2.45) is 0 Å². The van der Waals surface area contributed by atoms with Crippen LogP contribution >= 0.6 is 0 Å². The summed E-state index contributed by atoms with van der Waals surface area (Å²) in [4.78, 5) is 30.9. The summed E-state index contributed by atoms with van der Waals surface area (Å²) in [5.74, 6) is 1.63. The number of piperidine rings is 1. The van der Waals surface area contributed by atoms with Crippen molar-refractivity contribution in [3.05, 3.63) is 30.4 Å². The van der Waals surface area contributed by atoms with E-state index < -0.39 is 0 Å². The second kappa shape index (κ2) is 6.57. The molecule has 1 fully saturated rings. The summed E-state index contributed by atoms with van der Waals surface area (Å²) < 4.78 is 5.18. The van der Waals surface area contributed by atoms with Crippen LogP contribution in [0.25, 0.3) is 11.5 Å². The Labute approximate surface area is 128 Å². The zero-order chi connectivity index (χ0) is 15.4. The SMILES string of the molecule is COCc1cc(N2CCC(=O)CC2)nc(-c2cnccn2)n1. The molecule has 7 nitrogen and oxygen atoms in total. The van der Waals surface area contributed by atoms with Crippen molar-refractivity contribution in [1.82, 2.24) is 19.9 Å². The standard InChI is InChI=1S/C15H17N5O2/c1-22-10-11-8-14(20-6-2-12(21)3-7-20)19-15(18-11)13-9-16-4-5-17-13/h4-5,8-9H,2-3,6-7,10H2,1H3. The number of aromatic nitrogens is 4. The van der Waals surface area contributed by atoms with E-state index in [-0.39, 0.29) is 0 Å². The van der Waals surface area contributed by atoms with Crippen molar-refractivity contribution in [1.29, 1.82) is 0 Å². The van der Waals surface area contributed by atoms with Gasteiger partial charge in [-0.3, -0.25) is 9.78 Å². The molecule has 0 aliphatic carbocycles. The predicted octanol–water partition coefficient (Wildman–Crippen LogP) is 1.25. The topological polar surface area (TPSA) is 81.1 Å². The van der Waals surface area contributed by atoms with Gasteiger partial charge in [0, 0.05) is 51.5 Å². The number of carbonyl (C=O) groups excluding carboxylic acids is 1. The van der Waals surface area contributed by atoms with E-state index in [1.165, 1.54) is 0 Å². The van der Waals surface area contributed by atoms with Crippen LogP contribution in [0.5, 0.6) is 0 Å². The molecule has 2 aromatic heterocycles. The Hall–Kier alpha value is -2.41. The van der Waals surface area contributed by atoms with Crippen molar-refractivity contribution in [2.45, 2.75) is 19.4 Å². The molecule has 7 heteroatoms. The van der Waals surface area contributed by atoms with Crippen LogP contribution in [-0.2, 0) is 16.1 Å². The Morgan fingerprint density at radius 3 is 2.73 bits per heavy atom. The number of hydrogen-bond acceptors (Lipinski definition) is 7. The van der Waals surface area contributed by atoms with Gasteiger partial charge in [0.05, 0.1) is 18.5 Å². The van der Waals surface area contributed by atoms with E-state index in [4.69, 9.17) is 4.74 Å². The van der Waals surface area contributed by atoms with Gasteiger partial charge in [-0.25, -0.2) is 15.0 Å². The van der Waals surface area contributed by atoms with Crippen LogP contribution < -0.4 is 4.90 Å². The van der Waals surface area contributed by atoms with Crippen LogP contribution in [0.15, 0.2) is 24.7 Å². The van der Waals surface area contributed by atoms with Crippen molar-refractivity contribution in [2.75, 3.05) is 25.1 Å². The average Bonchev–Trinajstić information content (AvgIpc) is 2.56. The van der Waals surface area contributed by atoms with E-state index in [1.54, 1.807) is 25.7 Å². The molecule has 1 aliphatic heterocycles. The monoisotopic (exact) mass is 299 g/mol. The highest BCUT2D eigenvalue weighted by molar-refractivity contribution is 5.80. The minimum Gasteiger partial charge on any atom is -0.378 e. The van der Waals surface area contributed by atoms with E-state index in [9.17, 15) is 4.79 Å². The molecule has 0 spiro atoms. The molecule has 0 atom stereocenters. The first-order valence-electron chi connectivity index (χ1n) is 7.16. The first-order valence-corrected chi connectivity index (χ1v) is 7.16. The van der Waals surface area contributed by atoms with Gasteiger partial charge in [-0.2, -0.15) is 0 Å². The summed E-state index contributed by atoms with van der Waals surface area (Å²) in [6.45, 7) is 1.76. The van der Waals surface area contributed by atoms with Gasteiger partial charge in [-0.1, -0.05) is 0 Å². The summed E-state index contributed by atoms with van der Waals surface area (Å²) in [6.07, 6.45) is 5.98. The van der Waals surface area contributed by atoms with Gasteiger partial charge in [0.15, 0.2) is 5.82 Å². The molecule has 0 amide bonds. The summed E-state index contributed by atoms with van der Waals surface area (Å²) in [7, 11) is 1.63. The van der Waals surface area contributed by atoms with Crippen molar-refractivity contribution in [3.8, 4) is 11.5 Å². The number of anilines is 1. The van der Waals surface area contributed by atoms with Gasteiger partial charge < -0.3 is 9.64 Å². The normalized spacial score (nSPS) is 15.1. The maximum absolute atomic E-state index is 11.4. The lowest BCUT2D eigenvalue weighted by atomic mass is 10.1. The van der Waals surface area contributed by atoms with E-state index >= 15 is 0 Å². The molecule has 22 heavy (non-hydrogen) atoms. The number of Topliss-reactive ketones (excluding diaryl/α,β-unsaturated/α-hetero) is 1. The predicted molar refractivity (Wildman–Crippen MR) is 80.2 cm³/mol. The molecule has 0 N–H and O–H groups in total. The highest BCUT2D eigenvalue weighted by Crippen LogP contribution is 2.21. The highest BCUT2D eigenvalue weighted by Gasteiger charge is 2.19. The third-order valence-corrected chi connectivity index (χ3v) is 3.50. The van der Waals surface area contributed by atoms with Crippen LogP contribution in [0.1, 0.15) is 18.5 Å². The Morgan fingerprint density at radius 1 is 1.23 bits per heavy atom. The van der Waals surface area contributed by atoms with Crippen LogP contribution in [0.3, 0.4) is 0 Å². The van der Waals surface area contributed by atoms with Gasteiger partial charge in [0.25, 0.3) is 0 Å². The number of hydrogen-bond donors (Lipinski definition) is 0. The lowest BCUT2D eigenvalue weighted by Crippen LogP contribution is -2.34. The minimum atomic E-state index is 0.302. The quantitative estimate of drug-likeness (QED) is 0.840. The fraction of sp³-hybridized carbons (Fsp3) is 0.400.